The molecule has 2 aliphatic rings. The SMILES string of the molecule is COc1ccc(CN=S(=O)(N[C@@H]2COC[C@H](C3c4ccccc4Oc4ccccc43)[C@H]2O)c2ccc(OC(F)(F)F)cc2)c(OC)c1. The number of hydrogen-bond donors (Lipinski definition) is 2. The quantitative estimate of drug-likeness (QED) is 0.211. The number of aliphatic hydroxyl groups excluding tert-OH is 1. The highest BCUT2D eigenvalue weighted by Crippen LogP contribution is 2.49. The Morgan fingerprint density at radius 2 is 1.53 bits per heavy atom. The molecule has 0 amide bonds. The Labute approximate surface area is 270 Å². The first-order valence-electron chi connectivity index (χ1n) is 14.8. The molecule has 248 valence electrons. The Balaban J connectivity index is 1.35. The van der Waals surface area contributed by atoms with E-state index in [1.165, 1.54) is 26.4 Å². The molecule has 9 nitrogen and oxygen atoms in total. The van der Waals surface area contributed by atoms with Crippen molar-refractivity contribution in [3.8, 4) is 28.7 Å². The van der Waals surface area contributed by atoms with Gasteiger partial charge in [-0.05, 0) is 48.5 Å². The highest BCUT2D eigenvalue weighted by molar-refractivity contribution is 7.91. The van der Waals surface area contributed by atoms with Gasteiger partial charge >= 0.3 is 6.36 Å². The van der Waals surface area contributed by atoms with Crippen molar-refractivity contribution in [2.75, 3.05) is 27.4 Å². The summed E-state index contributed by atoms with van der Waals surface area (Å²) in [6.07, 6.45) is -5.96. The van der Waals surface area contributed by atoms with E-state index in [9.17, 15) is 22.5 Å². The van der Waals surface area contributed by atoms with Crippen molar-refractivity contribution in [1.82, 2.24) is 4.72 Å². The Morgan fingerprint density at radius 3 is 2.15 bits per heavy atom. The standard InChI is InChI=1S/C34H33F3N2O7S/c1-42-23-12-11-21(31(17-23)43-2)18-38-47(41,24-15-13-22(14-16-24)46-34(35,36)37)39-28-20-44-19-27(33(28)40)32-25-7-3-5-9-29(25)45-30-10-6-4-8-26(30)32/h3-17,27-28,32-33,40H,18-20H2,1-2H3,(H,38,39,41)/t27-,28-,33-,47?/m1/s1. The van der Waals surface area contributed by atoms with Crippen LogP contribution in [0.15, 0.2) is 100 Å². The summed E-state index contributed by atoms with van der Waals surface area (Å²) >= 11 is 0. The maximum atomic E-state index is 14.8. The Bertz CT molecular complexity index is 1800. The van der Waals surface area contributed by atoms with E-state index in [4.69, 9.17) is 18.9 Å². The van der Waals surface area contributed by atoms with Gasteiger partial charge in [0.1, 0.15) is 38.7 Å². The Hall–Kier alpha value is -4.30. The number of hydrogen-bond acceptors (Lipinski definition) is 8. The van der Waals surface area contributed by atoms with Crippen molar-refractivity contribution in [3.63, 3.8) is 0 Å². The topological polar surface area (TPSA) is 108 Å². The second kappa shape index (κ2) is 13.4. The fourth-order valence-corrected chi connectivity index (χ4v) is 7.79. The number of halogens is 3. The van der Waals surface area contributed by atoms with E-state index in [1.54, 1.807) is 18.2 Å². The van der Waals surface area contributed by atoms with Crippen LogP contribution in [0, 0.1) is 5.92 Å². The van der Waals surface area contributed by atoms with E-state index in [0.717, 1.165) is 23.3 Å². The molecule has 4 aromatic carbocycles. The molecule has 0 saturated carbocycles. The summed E-state index contributed by atoms with van der Waals surface area (Å²) in [5.41, 5.74) is 2.36. The van der Waals surface area contributed by atoms with Gasteiger partial charge in [0.15, 0.2) is 0 Å². The molecule has 2 N–H and O–H groups in total. The highest BCUT2D eigenvalue weighted by Gasteiger charge is 2.43. The summed E-state index contributed by atoms with van der Waals surface area (Å²) in [5, 5.41) is 11.9. The third-order valence-corrected chi connectivity index (χ3v) is 10.2. The molecule has 0 bridgehead atoms. The molecule has 0 radical (unpaired) electrons. The van der Waals surface area contributed by atoms with E-state index in [-0.39, 0.29) is 30.6 Å². The summed E-state index contributed by atoms with van der Waals surface area (Å²) in [4.78, 5) is 0.0931. The lowest BCUT2D eigenvalue weighted by Crippen LogP contribution is -2.55. The van der Waals surface area contributed by atoms with Crippen LogP contribution in [-0.2, 0) is 21.2 Å². The van der Waals surface area contributed by atoms with Crippen LogP contribution < -0.4 is 23.7 Å². The number of ether oxygens (including phenoxy) is 5. The van der Waals surface area contributed by atoms with Crippen LogP contribution >= 0.6 is 0 Å². The van der Waals surface area contributed by atoms with Crippen molar-refractivity contribution >= 4 is 9.92 Å². The number of benzene rings is 4. The second-order valence-electron chi connectivity index (χ2n) is 11.1. The van der Waals surface area contributed by atoms with E-state index in [2.05, 4.69) is 13.8 Å². The number of aliphatic hydroxyl groups is 1. The zero-order chi connectivity index (χ0) is 33.2. The molecule has 1 saturated heterocycles. The zero-order valence-electron chi connectivity index (χ0n) is 25.5. The fraction of sp³-hybridized carbons (Fsp3) is 0.294. The van der Waals surface area contributed by atoms with Gasteiger partial charge in [0.2, 0.25) is 0 Å². The zero-order valence-corrected chi connectivity index (χ0v) is 26.3. The van der Waals surface area contributed by atoms with Gasteiger partial charge in [0, 0.05) is 34.6 Å². The van der Waals surface area contributed by atoms with Gasteiger partial charge in [0.25, 0.3) is 0 Å². The van der Waals surface area contributed by atoms with Crippen molar-refractivity contribution < 1.29 is 46.2 Å². The number of fused-ring (bicyclic) bond motifs is 2. The predicted octanol–water partition coefficient (Wildman–Crippen LogP) is 6.45. The molecule has 4 aromatic rings. The largest absolute Gasteiger partial charge is 0.573 e. The molecule has 1 fully saturated rings. The minimum atomic E-state index is -4.89. The summed E-state index contributed by atoms with van der Waals surface area (Å²) in [6.45, 7) is 0.142. The molecule has 2 aliphatic heterocycles. The van der Waals surface area contributed by atoms with Gasteiger partial charge in [-0.15, -0.1) is 13.2 Å². The van der Waals surface area contributed by atoms with Crippen LogP contribution in [0.2, 0.25) is 0 Å². The van der Waals surface area contributed by atoms with Gasteiger partial charge in [-0.3, -0.25) is 0 Å². The summed E-state index contributed by atoms with van der Waals surface area (Å²) in [6, 6.07) is 24.1. The molecule has 0 aliphatic carbocycles. The van der Waals surface area contributed by atoms with Crippen LogP contribution in [0.5, 0.6) is 28.7 Å². The molecule has 2 heterocycles. The normalized spacial score (nSPS) is 20.6. The summed E-state index contributed by atoms with van der Waals surface area (Å²) in [7, 11) is -0.588. The lowest BCUT2D eigenvalue weighted by Gasteiger charge is -2.41. The number of alkyl halides is 3. The number of rotatable bonds is 9. The molecular formula is C34H33F3N2O7S. The first-order valence-corrected chi connectivity index (χ1v) is 16.3. The first-order chi connectivity index (χ1) is 22.6. The molecule has 0 spiro atoms. The van der Waals surface area contributed by atoms with Crippen LogP contribution in [0.3, 0.4) is 0 Å². The highest BCUT2D eigenvalue weighted by atomic mass is 32.2. The van der Waals surface area contributed by atoms with Gasteiger partial charge in [-0.2, -0.15) is 0 Å². The molecular weight excluding hydrogens is 637 g/mol. The fourth-order valence-electron chi connectivity index (χ4n) is 5.99. The molecule has 13 heteroatoms. The van der Waals surface area contributed by atoms with Crippen LogP contribution in [0.25, 0.3) is 0 Å². The Morgan fingerprint density at radius 1 is 0.894 bits per heavy atom. The van der Waals surface area contributed by atoms with E-state index in [1.807, 2.05) is 48.5 Å². The number of methoxy groups -OCH3 is 2. The van der Waals surface area contributed by atoms with Gasteiger partial charge in [-0.1, -0.05) is 36.4 Å². The molecule has 47 heavy (non-hydrogen) atoms. The number of nitrogens with one attached hydrogen (secondary N) is 1. The maximum absolute atomic E-state index is 14.8. The number of para-hydroxylation sites is 2. The number of nitrogens with zero attached hydrogens (tertiary/aromatic N) is 1. The molecule has 6 rings (SSSR count). The van der Waals surface area contributed by atoms with Gasteiger partial charge < -0.3 is 28.8 Å². The minimum absolute atomic E-state index is 0.0117. The summed E-state index contributed by atoms with van der Waals surface area (Å²) in [5.74, 6) is 1.10. The summed E-state index contributed by atoms with van der Waals surface area (Å²) < 4.78 is 87.9. The van der Waals surface area contributed by atoms with Crippen LogP contribution in [0.4, 0.5) is 13.2 Å². The monoisotopic (exact) mass is 670 g/mol. The lowest BCUT2D eigenvalue weighted by atomic mass is 9.74. The first kappa shape index (κ1) is 32.6. The third-order valence-electron chi connectivity index (χ3n) is 8.21. The van der Waals surface area contributed by atoms with Crippen molar-refractivity contribution in [2.45, 2.75) is 35.9 Å². The molecule has 4 atom stereocenters. The minimum Gasteiger partial charge on any atom is -0.497 e. The smallest absolute Gasteiger partial charge is 0.497 e. The van der Waals surface area contributed by atoms with Crippen LogP contribution in [-0.4, -0.2) is 55.3 Å². The second-order valence-corrected chi connectivity index (χ2v) is 13.1. The lowest BCUT2D eigenvalue weighted by molar-refractivity contribution is -0.274. The van der Waals surface area contributed by atoms with Crippen molar-refractivity contribution in [1.29, 1.82) is 0 Å². The average molecular weight is 671 g/mol. The van der Waals surface area contributed by atoms with Gasteiger partial charge in [-0.25, -0.2) is 13.3 Å². The van der Waals surface area contributed by atoms with Crippen molar-refractivity contribution in [3.05, 3.63) is 108 Å². The third kappa shape index (κ3) is 7.03. The predicted molar refractivity (Wildman–Crippen MR) is 167 cm³/mol. The van der Waals surface area contributed by atoms with E-state index in [0.29, 0.717) is 28.6 Å². The van der Waals surface area contributed by atoms with Crippen molar-refractivity contribution in [2.24, 2.45) is 10.3 Å². The van der Waals surface area contributed by atoms with E-state index < -0.39 is 40.1 Å². The van der Waals surface area contributed by atoms with Gasteiger partial charge in [0.05, 0.1) is 51.0 Å². The Kier molecular flexibility index (Phi) is 9.33. The maximum Gasteiger partial charge on any atom is 0.573 e. The van der Waals surface area contributed by atoms with Crippen LogP contribution in [0.1, 0.15) is 22.6 Å². The molecule has 1 unspecified atom stereocenters. The molecule has 0 aromatic heterocycles. The average Bonchev–Trinajstić information content (AvgIpc) is 3.07. The van der Waals surface area contributed by atoms with E-state index >= 15 is 0 Å².